The van der Waals surface area contributed by atoms with Gasteiger partial charge in [-0.15, -0.1) is 11.3 Å². The van der Waals surface area contributed by atoms with E-state index in [4.69, 9.17) is 17.3 Å². The SMILES string of the molecule is CC(C)(CNS(=O)(=O)c1ccc(N)cc1Cl)c1cccs1. The highest BCUT2D eigenvalue weighted by atomic mass is 35.5. The van der Waals surface area contributed by atoms with Crippen LogP contribution in [0.5, 0.6) is 0 Å². The third-order valence-corrected chi connectivity index (χ3v) is 6.26. The van der Waals surface area contributed by atoms with Crippen molar-refractivity contribution in [2.75, 3.05) is 12.3 Å². The predicted octanol–water partition coefficient (Wildman–Crippen LogP) is 3.24. The van der Waals surface area contributed by atoms with E-state index in [-0.39, 0.29) is 21.9 Å². The van der Waals surface area contributed by atoms with E-state index in [1.807, 2.05) is 31.4 Å². The first kappa shape index (κ1) is 16.3. The fraction of sp³-hybridized carbons (Fsp3) is 0.286. The van der Waals surface area contributed by atoms with E-state index in [2.05, 4.69) is 4.72 Å². The summed E-state index contributed by atoms with van der Waals surface area (Å²) in [7, 11) is -3.66. The van der Waals surface area contributed by atoms with Crippen LogP contribution in [0.2, 0.25) is 5.02 Å². The van der Waals surface area contributed by atoms with Gasteiger partial charge in [-0.2, -0.15) is 0 Å². The summed E-state index contributed by atoms with van der Waals surface area (Å²) in [5.74, 6) is 0. The molecule has 0 aliphatic heterocycles. The maximum atomic E-state index is 12.3. The normalized spacial score (nSPS) is 12.5. The molecule has 1 aromatic heterocycles. The molecular formula is C14H17ClN2O2S2. The molecule has 0 aliphatic rings. The average Bonchev–Trinajstić information content (AvgIpc) is 2.91. The smallest absolute Gasteiger partial charge is 0.242 e. The Morgan fingerprint density at radius 3 is 2.62 bits per heavy atom. The molecule has 0 aliphatic carbocycles. The van der Waals surface area contributed by atoms with Gasteiger partial charge in [-0.25, -0.2) is 13.1 Å². The minimum Gasteiger partial charge on any atom is -0.399 e. The standard InChI is InChI=1S/C14H17ClN2O2S2/c1-14(2,13-4-3-7-20-13)9-17-21(18,19)12-6-5-10(16)8-11(12)15/h3-8,17H,9,16H2,1-2H3. The highest BCUT2D eigenvalue weighted by molar-refractivity contribution is 7.89. The number of nitrogen functional groups attached to an aromatic ring is 1. The van der Waals surface area contributed by atoms with E-state index in [0.717, 1.165) is 4.88 Å². The molecule has 0 spiro atoms. The summed E-state index contributed by atoms with van der Waals surface area (Å²) >= 11 is 7.57. The molecule has 0 atom stereocenters. The first-order chi connectivity index (χ1) is 9.72. The number of benzene rings is 1. The van der Waals surface area contributed by atoms with Crippen LogP contribution in [-0.4, -0.2) is 15.0 Å². The Balaban J connectivity index is 2.19. The van der Waals surface area contributed by atoms with Gasteiger partial charge in [0.1, 0.15) is 4.90 Å². The molecule has 0 radical (unpaired) electrons. The minimum absolute atomic E-state index is 0.0420. The van der Waals surface area contributed by atoms with Gasteiger partial charge in [0.15, 0.2) is 0 Å². The molecular weight excluding hydrogens is 328 g/mol. The minimum atomic E-state index is -3.66. The number of nitrogens with one attached hydrogen (secondary N) is 1. The van der Waals surface area contributed by atoms with Gasteiger partial charge in [0, 0.05) is 22.5 Å². The Kier molecular flexibility index (Phi) is 4.63. The Morgan fingerprint density at radius 2 is 2.05 bits per heavy atom. The molecule has 1 aromatic carbocycles. The number of hydrogen-bond acceptors (Lipinski definition) is 4. The molecule has 7 heteroatoms. The maximum absolute atomic E-state index is 12.3. The molecule has 21 heavy (non-hydrogen) atoms. The molecule has 0 amide bonds. The summed E-state index contributed by atoms with van der Waals surface area (Å²) in [6, 6.07) is 8.31. The molecule has 2 rings (SSSR count). The quantitative estimate of drug-likeness (QED) is 0.818. The number of nitrogens with two attached hydrogens (primary N) is 1. The zero-order chi connectivity index (χ0) is 15.7. The second-order valence-electron chi connectivity index (χ2n) is 5.38. The van der Waals surface area contributed by atoms with Crippen molar-refractivity contribution in [3.05, 3.63) is 45.6 Å². The second kappa shape index (κ2) is 5.96. The third kappa shape index (κ3) is 3.77. The molecule has 0 saturated heterocycles. The van der Waals surface area contributed by atoms with Gasteiger partial charge in [0.2, 0.25) is 10.0 Å². The molecule has 1 heterocycles. The number of anilines is 1. The average molecular weight is 345 g/mol. The monoisotopic (exact) mass is 344 g/mol. The van der Waals surface area contributed by atoms with E-state index < -0.39 is 10.0 Å². The zero-order valence-corrected chi connectivity index (χ0v) is 14.1. The van der Waals surface area contributed by atoms with E-state index >= 15 is 0 Å². The topological polar surface area (TPSA) is 72.2 Å². The van der Waals surface area contributed by atoms with Crippen LogP contribution < -0.4 is 10.5 Å². The highest BCUT2D eigenvalue weighted by Gasteiger charge is 2.26. The lowest BCUT2D eigenvalue weighted by Gasteiger charge is -2.23. The van der Waals surface area contributed by atoms with Crippen molar-refractivity contribution in [2.24, 2.45) is 0 Å². The summed E-state index contributed by atoms with van der Waals surface area (Å²) in [4.78, 5) is 1.16. The van der Waals surface area contributed by atoms with E-state index in [0.29, 0.717) is 5.69 Å². The van der Waals surface area contributed by atoms with Gasteiger partial charge in [0.05, 0.1) is 5.02 Å². The molecule has 0 bridgehead atoms. The molecule has 0 fully saturated rings. The molecule has 0 saturated carbocycles. The first-order valence-corrected chi connectivity index (χ1v) is 9.05. The van der Waals surface area contributed by atoms with Gasteiger partial charge in [-0.1, -0.05) is 31.5 Å². The van der Waals surface area contributed by atoms with Crippen LogP contribution in [0.3, 0.4) is 0 Å². The second-order valence-corrected chi connectivity index (χ2v) is 8.47. The molecule has 114 valence electrons. The van der Waals surface area contributed by atoms with Crippen LogP contribution in [0.4, 0.5) is 5.69 Å². The summed E-state index contributed by atoms with van der Waals surface area (Å²) in [6.07, 6.45) is 0. The van der Waals surface area contributed by atoms with Gasteiger partial charge in [-0.3, -0.25) is 0 Å². The molecule has 3 N–H and O–H groups in total. The van der Waals surface area contributed by atoms with Crippen molar-refractivity contribution in [3.8, 4) is 0 Å². The van der Waals surface area contributed by atoms with Crippen molar-refractivity contribution in [2.45, 2.75) is 24.2 Å². The molecule has 2 aromatic rings. The third-order valence-electron chi connectivity index (χ3n) is 3.14. The molecule has 0 unspecified atom stereocenters. The number of hydrogen-bond donors (Lipinski definition) is 2. The van der Waals surface area contributed by atoms with Crippen molar-refractivity contribution in [1.29, 1.82) is 0 Å². The Labute approximate surface area is 134 Å². The van der Waals surface area contributed by atoms with E-state index in [1.165, 1.54) is 18.2 Å². The lowest BCUT2D eigenvalue weighted by atomic mass is 9.92. The lowest BCUT2D eigenvalue weighted by Crippen LogP contribution is -2.36. The largest absolute Gasteiger partial charge is 0.399 e. The van der Waals surface area contributed by atoms with Gasteiger partial charge in [-0.05, 0) is 29.6 Å². The van der Waals surface area contributed by atoms with Crippen molar-refractivity contribution < 1.29 is 8.42 Å². The number of sulfonamides is 1. The van der Waals surface area contributed by atoms with Gasteiger partial charge in [0.25, 0.3) is 0 Å². The summed E-state index contributed by atoms with van der Waals surface area (Å²) in [5, 5.41) is 2.10. The Bertz CT molecular complexity index is 725. The first-order valence-electron chi connectivity index (χ1n) is 6.31. The number of halogens is 1. The predicted molar refractivity (Wildman–Crippen MR) is 88.4 cm³/mol. The van der Waals surface area contributed by atoms with Crippen molar-refractivity contribution >= 4 is 38.6 Å². The summed E-state index contributed by atoms with van der Waals surface area (Å²) in [6.45, 7) is 4.27. The number of rotatable bonds is 5. The van der Waals surface area contributed by atoms with Crippen LogP contribution in [0.25, 0.3) is 0 Å². The van der Waals surface area contributed by atoms with E-state index in [1.54, 1.807) is 11.3 Å². The van der Waals surface area contributed by atoms with Crippen LogP contribution >= 0.6 is 22.9 Å². The number of thiophene rings is 1. The van der Waals surface area contributed by atoms with Gasteiger partial charge < -0.3 is 5.73 Å². The Hall–Kier alpha value is -1.08. The van der Waals surface area contributed by atoms with Crippen molar-refractivity contribution in [3.63, 3.8) is 0 Å². The summed E-state index contributed by atoms with van der Waals surface area (Å²) in [5.41, 5.74) is 5.72. The van der Waals surface area contributed by atoms with Crippen LogP contribution in [0.15, 0.2) is 40.6 Å². The fourth-order valence-corrected chi connectivity index (χ4v) is 4.45. The van der Waals surface area contributed by atoms with Crippen molar-refractivity contribution in [1.82, 2.24) is 4.72 Å². The van der Waals surface area contributed by atoms with Gasteiger partial charge >= 0.3 is 0 Å². The molecule has 4 nitrogen and oxygen atoms in total. The fourth-order valence-electron chi connectivity index (χ4n) is 1.84. The lowest BCUT2D eigenvalue weighted by molar-refractivity contribution is 0.509. The van der Waals surface area contributed by atoms with Crippen LogP contribution in [-0.2, 0) is 15.4 Å². The highest BCUT2D eigenvalue weighted by Crippen LogP contribution is 2.28. The van der Waals surface area contributed by atoms with Crippen LogP contribution in [0, 0.1) is 0 Å². The Morgan fingerprint density at radius 1 is 1.33 bits per heavy atom. The maximum Gasteiger partial charge on any atom is 0.242 e. The summed E-state index contributed by atoms with van der Waals surface area (Å²) < 4.78 is 27.3. The van der Waals surface area contributed by atoms with E-state index in [9.17, 15) is 8.42 Å². The van der Waals surface area contributed by atoms with Crippen LogP contribution in [0.1, 0.15) is 18.7 Å². The zero-order valence-electron chi connectivity index (χ0n) is 11.8.